The van der Waals surface area contributed by atoms with Crippen molar-refractivity contribution in [3.8, 4) is 5.75 Å². The summed E-state index contributed by atoms with van der Waals surface area (Å²) < 4.78 is 6.47. The number of hydrogen-bond acceptors (Lipinski definition) is 5. The predicted octanol–water partition coefficient (Wildman–Crippen LogP) is 2.58. The van der Waals surface area contributed by atoms with Crippen LogP contribution in [0.3, 0.4) is 0 Å². The molecular weight excluding hydrogens is 344 g/mol. The highest BCUT2D eigenvalue weighted by Crippen LogP contribution is 2.14. The highest BCUT2D eigenvalue weighted by atomic mass is 16.5. The van der Waals surface area contributed by atoms with Crippen molar-refractivity contribution in [3.05, 3.63) is 70.1 Å². The molecule has 3 rings (SSSR count). The van der Waals surface area contributed by atoms with Crippen LogP contribution < -0.4 is 15.7 Å². The molecule has 0 fully saturated rings. The fraction of sp³-hybridized carbons (Fsp3) is 0.200. The summed E-state index contributed by atoms with van der Waals surface area (Å²) in [6, 6.07) is 14.3. The Morgan fingerprint density at radius 3 is 2.63 bits per heavy atom. The Balaban J connectivity index is 1.94. The zero-order valence-electron chi connectivity index (χ0n) is 15.4. The summed E-state index contributed by atoms with van der Waals surface area (Å²) in [6.07, 6.45) is 0. The molecule has 0 atom stereocenters. The zero-order valence-corrected chi connectivity index (χ0v) is 15.4. The van der Waals surface area contributed by atoms with Gasteiger partial charge in [0.05, 0.1) is 18.2 Å². The Morgan fingerprint density at radius 1 is 1.19 bits per heavy atom. The molecule has 7 nitrogen and oxygen atoms in total. The Morgan fingerprint density at radius 2 is 1.93 bits per heavy atom. The maximum Gasteiger partial charge on any atom is 0.292 e. The molecule has 3 aromatic rings. The van der Waals surface area contributed by atoms with E-state index < -0.39 is 5.91 Å². The number of rotatable bonds is 5. The summed E-state index contributed by atoms with van der Waals surface area (Å²) >= 11 is 0. The van der Waals surface area contributed by atoms with E-state index in [0.717, 1.165) is 5.56 Å². The van der Waals surface area contributed by atoms with Crippen LogP contribution in [-0.4, -0.2) is 28.5 Å². The second-order valence-corrected chi connectivity index (χ2v) is 5.89. The van der Waals surface area contributed by atoms with Gasteiger partial charge in [-0.05, 0) is 32.0 Å². The molecule has 1 N–H and O–H groups in total. The number of hydrogen-bond donors (Lipinski definition) is 1. The second-order valence-electron chi connectivity index (χ2n) is 5.89. The number of benzene rings is 2. The minimum absolute atomic E-state index is 0.161. The van der Waals surface area contributed by atoms with E-state index in [-0.39, 0.29) is 11.3 Å². The number of carbonyl (C=O) groups is 1. The van der Waals surface area contributed by atoms with Crippen molar-refractivity contribution in [2.45, 2.75) is 20.4 Å². The number of hydrazone groups is 1. The number of nitrogens with zero attached hydrogens (tertiary/aromatic N) is 3. The lowest BCUT2D eigenvalue weighted by Crippen LogP contribution is -2.28. The van der Waals surface area contributed by atoms with Crippen LogP contribution in [0, 0.1) is 0 Å². The van der Waals surface area contributed by atoms with Gasteiger partial charge in [-0.2, -0.15) is 10.2 Å². The minimum atomic E-state index is -0.476. The van der Waals surface area contributed by atoms with Crippen molar-refractivity contribution >= 4 is 22.4 Å². The quantitative estimate of drug-likeness (QED) is 0.557. The summed E-state index contributed by atoms with van der Waals surface area (Å²) in [5.41, 5.74) is 3.91. The zero-order chi connectivity index (χ0) is 19.4. The van der Waals surface area contributed by atoms with Gasteiger partial charge in [-0.25, -0.2) is 10.1 Å². The highest BCUT2D eigenvalue weighted by Gasteiger charge is 2.16. The highest BCUT2D eigenvalue weighted by molar-refractivity contribution is 6.06. The first kappa shape index (κ1) is 18.3. The van der Waals surface area contributed by atoms with Crippen LogP contribution in [0.25, 0.3) is 10.8 Å². The van der Waals surface area contributed by atoms with E-state index in [2.05, 4.69) is 15.6 Å². The third kappa shape index (κ3) is 3.72. The molecule has 0 spiro atoms. The van der Waals surface area contributed by atoms with Gasteiger partial charge >= 0.3 is 0 Å². The molecule has 7 heteroatoms. The molecule has 138 valence electrons. The van der Waals surface area contributed by atoms with Gasteiger partial charge < -0.3 is 4.74 Å². The first-order valence-electron chi connectivity index (χ1n) is 8.54. The molecule has 1 amide bonds. The number of amides is 1. The first-order valence-corrected chi connectivity index (χ1v) is 8.54. The van der Waals surface area contributed by atoms with Crippen LogP contribution in [0.15, 0.2) is 58.4 Å². The molecule has 0 bridgehead atoms. The number of methoxy groups -OCH3 is 1. The lowest BCUT2D eigenvalue weighted by molar-refractivity contribution is 0.0949. The van der Waals surface area contributed by atoms with E-state index in [1.807, 2.05) is 24.3 Å². The molecule has 0 saturated carbocycles. The van der Waals surface area contributed by atoms with E-state index in [4.69, 9.17) is 4.74 Å². The molecule has 0 unspecified atom stereocenters. The van der Waals surface area contributed by atoms with Crippen molar-refractivity contribution in [2.24, 2.45) is 5.10 Å². The summed E-state index contributed by atoms with van der Waals surface area (Å²) in [7, 11) is 1.59. The topological polar surface area (TPSA) is 85.6 Å². The fourth-order valence-corrected chi connectivity index (χ4v) is 2.72. The third-order valence-corrected chi connectivity index (χ3v) is 4.20. The molecule has 2 aromatic carbocycles. The van der Waals surface area contributed by atoms with Gasteiger partial charge in [-0.3, -0.25) is 9.59 Å². The molecule has 0 aliphatic rings. The monoisotopic (exact) mass is 364 g/mol. The number of aryl methyl sites for hydroxylation is 1. The third-order valence-electron chi connectivity index (χ3n) is 4.20. The van der Waals surface area contributed by atoms with E-state index in [0.29, 0.717) is 28.8 Å². The number of fused-ring (bicyclic) bond motifs is 1. The van der Waals surface area contributed by atoms with Crippen LogP contribution >= 0.6 is 0 Å². The summed E-state index contributed by atoms with van der Waals surface area (Å²) in [6.45, 7) is 3.96. The van der Waals surface area contributed by atoms with E-state index in [1.54, 1.807) is 45.2 Å². The second kappa shape index (κ2) is 7.82. The van der Waals surface area contributed by atoms with Gasteiger partial charge in [-0.1, -0.05) is 30.3 Å². The Labute approximate surface area is 156 Å². The van der Waals surface area contributed by atoms with Crippen LogP contribution in [0.2, 0.25) is 0 Å². The van der Waals surface area contributed by atoms with Crippen molar-refractivity contribution in [1.82, 2.24) is 15.2 Å². The first-order chi connectivity index (χ1) is 13.0. The average molecular weight is 364 g/mol. The summed E-state index contributed by atoms with van der Waals surface area (Å²) in [5.74, 6) is 0.228. The maximum atomic E-state index is 12.7. The Hall–Kier alpha value is -3.48. The number of aromatic nitrogens is 2. The van der Waals surface area contributed by atoms with Crippen molar-refractivity contribution in [3.63, 3.8) is 0 Å². The number of nitrogens with one attached hydrogen (secondary N) is 1. The fourth-order valence-electron chi connectivity index (χ4n) is 2.72. The standard InChI is InChI=1S/C20H20N4O3/c1-4-24-20(26)17-11-6-5-10-16(17)18(23-24)19(25)22-21-13(2)14-8-7-9-15(12-14)27-3/h5-12H,4H2,1-3H3,(H,22,25)/b21-13-. The van der Waals surface area contributed by atoms with Gasteiger partial charge in [-0.15, -0.1) is 0 Å². The van der Waals surface area contributed by atoms with Crippen molar-refractivity contribution in [1.29, 1.82) is 0 Å². The van der Waals surface area contributed by atoms with E-state index >= 15 is 0 Å². The minimum Gasteiger partial charge on any atom is -0.497 e. The molecule has 27 heavy (non-hydrogen) atoms. The van der Waals surface area contributed by atoms with E-state index in [1.165, 1.54) is 4.68 Å². The number of carbonyl (C=O) groups excluding carboxylic acids is 1. The van der Waals surface area contributed by atoms with Gasteiger partial charge in [0.25, 0.3) is 11.5 Å². The SMILES string of the molecule is CCn1nc(C(=O)N/N=C(/C)c2cccc(OC)c2)c2ccccc2c1=O. The van der Waals surface area contributed by atoms with E-state index in [9.17, 15) is 9.59 Å². The Bertz CT molecular complexity index is 1090. The molecule has 0 radical (unpaired) electrons. The molecule has 0 saturated heterocycles. The van der Waals surface area contributed by atoms with Gasteiger partial charge in [0.2, 0.25) is 0 Å². The molecular formula is C20H20N4O3. The molecule has 0 aliphatic carbocycles. The average Bonchev–Trinajstić information content (AvgIpc) is 2.72. The van der Waals surface area contributed by atoms with Gasteiger partial charge in [0.15, 0.2) is 5.69 Å². The van der Waals surface area contributed by atoms with Crippen LogP contribution in [0.5, 0.6) is 5.75 Å². The van der Waals surface area contributed by atoms with Crippen LogP contribution in [0.1, 0.15) is 29.9 Å². The van der Waals surface area contributed by atoms with Crippen molar-refractivity contribution < 1.29 is 9.53 Å². The smallest absolute Gasteiger partial charge is 0.292 e. The normalized spacial score (nSPS) is 11.4. The maximum absolute atomic E-state index is 12.7. The molecule has 1 aromatic heterocycles. The lowest BCUT2D eigenvalue weighted by atomic mass is 10.1. The molecule has 1 heterocycles. The number of ether oxygens (including phenoxy) is 1. The lowest BCUT2D eigenvalue weighted by Gasteiger charge is -2.09. The Kier molecular flexibility index (Phi) is 5.30. The van der Waals surface area contributed by atoms with Gasteiger partial charge in [0, 0.05) is 17.5 Å². The largest absolute Gasteiger partial charge is 0.497 e. The van der Waals surface area contributed by atoms with Gasteiger partial charge in [0.1, 0.15) is 5.75 Å². The van der Waals surface area contributed by atoms with Crippen LogP contribution in [-0.2, 0) is 6.54 Å². The summed E-state index contributed by atoms with van der Waals surface area (Å²) in [5, 5.41) is 9.32. The van der Waals surface area contributed by atoms with Crippen molar-refractivity contribution in [2.75, 3.05) is 7.11 Å². The summed E-state index contributed by atoms with van der Waals surface area (Å²) in [4.78, 5) is 25.1. The molecule has 0 aliphatic heterocycles. The van der Waals surface area contributed by atoms with Crippen LogP contribution in [0.4, 0.5) is 0 Å². The predicted molar refractivity (Wildman–Crippen MR) is 104 cm³/mol.